The van der Waals surface area contributed by atoms with Crippen LogP contribution in [0.15, 0.2) is 108 Å². The van der Waals surface area contributed by atoms with E-state index in [1.165, 1.54) is 28.9 Å². The molecule has 0 unspecified atom stereocenters. The van der Waals surface area contributed by atoms with Gasteiger partial charge in [-0.2, -0.15) is 9.78 Å². The summed E-state index contributed by atoms with van der Waals surface area (Å²) in [6, 6.07) is 25.6. The summed E-state index contributed by atoms with van der Waals surface area (Å²) in [6.07, 6.45) is 1.56. The quantitative estimate of drug-likeness (QED) is 0.242. The van der Waals surface area contributed by atoms with Crippen LogP contribution in [0.25, 0.3) is 22.4 Å². The van der Waals surface area contributed by atoms with Gasteiger partial charge in [0, 0.05) is 27.5 Å². The molecular formula is C28H18BrF2N3O2. The molecule has 1 N–H and O–H groups in total. The zero-order chi connectivity index (χ0) is 25.1. The van der Waals surface area contributed by atoms with Gasteiger partial charge in [-0.25, -0.2) is 13.6 Å². The first-order valence-corrected chi connectivity index (χ1v) is 11.7. The summed E-state index contributed by atoms with van der Waals surface area (Å²) < 4.78 is 34.9. The Morgan fingerprint density at radius 2 is 1.28 bits per heavy atom. The van der Waals surface area contributed by atoms with Crippen molar-refractivity contribution in [2.24, 2.45) is 0 Å². The predicted octanol–water partition coefficient (Wildman–Crippen LogP) is 8.13. The minimum atomic E-state index is -0.492. The van der Waals surface area contributed by atoms with Crippen LogP contribution in [0.4, 0.5) is 19.3 Å². The lowest BCUT2D eigenvalue weighted by Gasteiger charge is -2.08. The van der Waals surface area contributed by atoms with Crippen molar-refractivity contribution >= 4 is 27.6 Å². The van der Waals surface area contributed by atoms with Gasteiger partial charge in [0.05, 0.1) is 0 Å². The van der Waals surface area contributed by atoms with E-state index in [1.807, 2.05) is 24.3 Å². The molecule has 0 aliphatic rings. The van der Waals surface area contributed by atoms with Crippen LogP contribution in [-0.4, -0.2) is 15.8 Å². The van der Waals surface area contributed by atoms with Crippen molar-refractivity contribution < 1.29 is 18.3 Å². The largest absolute Gasteiger partial charge is 0.457 e. The number of halogens is 3. The molecule has 0 bridgehead atoms. The normalized spacial score (nSPS) is 10.8. The second-order valence-electron chi connectivity index (χ2n) is 7.86. The minimum absolute atomic E-state index is 0.375. The van der Waals surface area contributed by atoms with Gasteiger partial charge in [-0.05, 0) is 90.5 Å². The van der Waals surface area contributed by atoms with E-state index >= 15 is 0 Å². The Balaban J connectivity index is 1.38. The van der Waals surface area contributed by atoms with Gasteiger partial charge in [0.2, 0.25) is 0 Å². The zero-order valence-corrected chi connectivity index (χ0v) is 20.2. The number of nitrogens with zero attached hydrogens (tertiary/aromatic N) is 2. The Labute approximate surface area is 214 Å². The summed E-state index contributed by atoms with van der Waals surface area (Å²) in [5.74, 6) is 0.548. The number of hydrogen-bond donors (Lipinski definition) is 1. The number of anilines is 1. The monoisotopic (exact) mass is 545 g/mol. The smallest absolute Gasteiger partial charge is 0.346 e. The molecule has 178 valence electrons. The van der Waals surface area contributed by atoms with Crippen LogP contribution in [0.3, 0.4) is 0 Å². The molecule has 0 spiro atoms. The van der Waals surface area contributed by atoms with E-state index in [2.05, 4.69) is 26.3 Å². The van der Waals surface area contributed by atoms with Crippen LogP contribution in [0, 0.1) is 11.6 Å². The van der Waals surface area contributed by atoms with Crippen molar-refractivity contribution in [3.8, 4) is 33.9 Å². The predicted molar refractivity (Wildman–Crippen MR) is 138 cm³/mol. The molecule has 0 aliphatic carbocycles. The van der Waals surface area contributed by atoms with Crippen LogP contribution in [-0.2, 0) is 0 Å². The molecule has 0 saturated heterocycles. The molecule has 0 fully saturated rings. The maximum atomic E-state index is 13.5. The van der Waals surface area contributed by atoms with E-state index in [0.29, 0.717) is 39.6 Å². The van der Waals surface area contributed by atoms with Crippen LogP contribution >= 0.6 is 15.9 Å². The number of rotatable bonds is 5. The number of carbonyl (C=O) groups excluding carboxylic acids is 1. The Morgan fingerprint density at radius 3 is 1.86 bits per heavy atom. The summed E-state index contributed by atoms with van der Waals surface area (Å²) in [5, 5.41) is 7.24. The summed E-state index contributed by atoms with van der Waals surface area (Å²) in [7, 11) is 0. The van der Waals surface area contributed by atoms with Gasteiger partial charge in [-0.3, -0.25) is 0 Å². The number of hydrogen-bond acceptors (Lipinski definition) is 3. The molecule has 1 aromatic heterocycles. The fraction of sp³-hybridized carbons (Fsp3) is 0. The Morgan fingerprint density at radius 1 is 0.750 bits per heavy atom. The van der Waals surface area contributed by atoms with Crippen LogP contribution < -0.4 is 10.1 Å². The number of nitrogens with one attached hydrogen (secondary N) is 1. The fourth-order valence-corrected chi connectivity index (χ4v) is 3.83. The molecule has 1 heterocycles. The molecule has 0 radical (unpaired) electrons. The summed E-state index contributed by atoms with van der Waals surface area (Å²) in [5.41, 5.74) is 2.91. The maximum absolute atomic E-state index is 13.5. The number of aromatic nitrogens is 2. The number of ether oxygens (including phenoxy) is 1. The highest BCUT2D eigenvalue weighted by atomic mass is 79.9. The summed E-state index contributed by atoms with van der Waals surface area (Å²) in [4.78, 5) is 13.0. The highest BCUT2D eigenvalue weighted by Crippen LogP contribution is 2.31. The molecule has 0 saturated carbocycles. The molecule has 5 rings (SSSR count). The Kier molecular flexibility index (Phi) is 6.60. The van der Waals surface area contributed by atoms with Gasteiger partial charge in [0.25, 0.3) is 0 Å². The third kappa shape index (κ3) is 5.34. The molecular weight excluding hydrogens is 528 g/mol. The molecule has 1 amide bonds. The first-order chi connectivity index (χ1) is 17.4. The number of benzene rings is 4. The molecule has 5 aromatic rings. The van der Waals surface area contributed by atoms with Crippen LogP contribution in [0.5, 0.6) is 11.5 Å². The maximum Gasteiger partial charge on any atom is 0.346 e. The third-order valence-corrected chi connectivity index (χ3v) is 5.88. The van der Waals surface area contributed by atoms with Crippen LogP contribution in [0.1, 0.15) is 0 Å². The minimum Gasteiger partial charge on any atom is -0.457 e. The molecule has 36 heavy (non-hydrogen) atoms. The van der Waals surface area contributed by atoms with Gasteiger partial charge in [0.15, 0.2) is 0 Å². The van der Waals surface area contributed by atoms with E-state index in [0.717, 1.165) is 4.47 Å². The molecule has 5 nitrogen and oxygen atoms in total. The fourth-order valence-electron chi connectivity index (χ4n) is 3.57. The zero-order valence-electron chi connectivity index (χ0n) is 18.7. The van der Waals surface area contributed by atoms with Crippen molar-refractivity contribution in [3.63, 3.8) is 0 Å². The van der Waals surface area contributed by atoms with E-state index in [-0.39, 0.29) is 11.6 Å². The van der Waals surface area contributed by atoms with Crippen molar-refractivity contribution in [1.82, 2.24) is 9.78 Å². The van der Waals surface area contributed by atoms with Gasteiger partial charge < -0.3 is 10.1 Å². The lowest BCUT2D eigenvalue weighted by molar-refractivity contribution is 0.251. The number of amides is 1. The first kappa shape index (κ1) is 23.4. The first-order valence-electron chi connectivity index (χ1n) is 10.9. The average molecular weight is 546 g/mol. The van der Waals surface area contributed by atoms with E-state index < -0.39 is 6.03 Å². The second kappa shape index (κ2) is 10.1. The van der Waals surface area contributed by atoms with Crippen molar-refractivity contribution in [1.29, 1.82) is 0 Å². The highest BCUT2D eigenvalue weighted by Gasteiger charge is 2.17. The summed E-state index contributed by atoms with van der Waals surface area (Å²) in [6.45, 7) is 0. The molecule has 0 aliphatic heterocycles. The van der Waals surface area contributed by atoms with Crippen molar-refractivity contribution in [3.05, 3.63) is 119 Å². The highest BCUT2D eigenvalue weighted by molar-refractivity contribution is 9.10. The average Bonchev–Trinajstić information content (AvgIpc) is 3.33. The van der Waals surface area contributed by atoms with Gasteiger partial charge in [0.1, 0.15) is 28.8 Å². The van der Waals surface area contributed by atoms with Gasteiger partial charge >= 0.3 is 6.03 Å². The molecule has 8 heteroatoms. The lowest BCUT2D eigenvalue weighted by Crippen LogP contribution is -2.19. The van der Waals surface area contributed by atoms with Crippen LogP contribution in [0.2, 0.25) is 0 Å². The van der Waals surface area contributed by atoms with E-state index in [9.17, 15) is 13.6 Å². The topological polar surface area (TPSA) is 56.1 Å². The molecule has 4 aromatic carbocycles. The Bertz CT molecular complexity index is 1440. The SMILES string of the molecule is O=C(Nc1ccc(Oc2ccc(Br)cc2)cc1)n1cc(-c2ccc(F)cc2)c(-c2ccc(F)cc2)n1. The third-order valence-electron chi connectivity index (χ3n) is 5.35. The Hall–Kier alpha value is -4.30. The van der Waals surface area contributed by atoms with Gasteiger partial charge in [-0.15, -0.1) is 0 Å². The van der Waals surface area contributed by atoms with Crippen molar-refractivity contribution in [2.45, 2.75) is 0 Å². The standard InChI is InChI=1S/C28H18BrF2N3O2/c29-20-5-13-24(14-6-20)36-25-15-11-23(12-16-25)32-28(35)34-17-26(18-1-7-21(30)8-2-18)27(33-34)19-3-9-22(31)10-4-19/h1-17H,(H,32,35). The summed E-state index contributed by atoms with van der Waals surface area (Å²) >= 11 is 3.39. The van der Waals surface area contributed by atoms with E-state index in [4.69, 9.17) is 4.74 Å². The lowest BCUT2D eigenvalue weighted by atomic mass is 10.0. The van der Waals surface area contributed by atoms with Gasteiger partial charge in [-0.1, -0.05) is 28.1 Å². The molecule has 0 atom stereocenters. The van der Waals surface area contributed by atoms with Crippen molar-refractivity contribution in [2.75, 3.05) is 5.32 Å². The second-order valence-corrected chi connectivity index (χ2v) is 8.78. The van der Waals surface area contributed by atoms with E-state index in [1.54, 1.807) is 54.7 Å². The number of carbonyl (C=O) groups is 1.